The summed E-state index contributed by atoms with van der Waals surface area (Å²) in [4.78, 5) is 12.9. The molecule has 0 unspecified atom stereocenters. The molecule has 0 aromatic heterocycles. The van der Waals surface area contributed by atoms with Crippen LogP contribution in [0.25, 0.3) is 0 Å². The summed E-state index contributed by atoms with van der Waals surface area (Å²) in [5.74, 6) is -0.380. The summed E-state index contributed by atoms with van der Waals surface area (Å²) in [5.41, 5.74) is 0.343. The topological polar surface area (TPSA) is 64.3 Å². The molecule has 0 atom stereocenters. The van der Waals surface area contributed by atoms with Crippen molar-refractivity contribution in [1.82, 2.24) is 4.90 Å². The first kappa shape index (κ1) is 11.3. The van der Waals surface area contributed by atoms with Crippen LogP contribution in [0.4, 0.5) is 0 Å². The summed E-state index contributed by atoms with van der Waals surface area (Å²) in [6.07, 6.45) is 0. The van der Waals surface area contributed by atoms with Crippen molar-refractivity contribution in [2.45, 2.75) is 0 Å². The van der Waals surface area contributed by atoms with Crippen LogP contribution in [-0.2, 0) is 0 Å². The van der Waals surface area contributed by atoms with Gasteiger partial charge in [-0.2, -0.15) is 5.26 Å². The minimum Gasteiger partial charge on any atom is -0.506 e. The van der Waals surface area contributed by atoms with Crippen molar-refractivity contribution < 1.29 is 9.90 Å². The Kier molecular flexibility index (Phi) is 3.53. The average Bonchev–Trinajstić information content (AvgIpc) is 2.21. The normalized spacial score (nSPS) is 9.40. The number of halogens is 1. The average molecular weight is 225 g/mol. The zero-order valence-corrected chi connectivity index (χ0v) is 8.82. The van der Waals surface area contributed by atoms with Gasteiger partial charge in [0.25, 0.3) is 5.91 Å². The summed E-state index contributed by atoms with van der Waals surface area (Å²) in [6, 6.07) is 6.03. The Bertz CT molecular complexity index is 426. The lowest BCUT2D eigenvalue weighted by Gasteiger charge is -2.13. The highest BCUT2D eigenvalue weighted by Gasteiger charge is 2.12. The molecule has 0 spiro atoms. The second-order valence-corrected chi connectivity index (χ2v) is 3.39. The van der Waals surface area contributed by atoms with E-state index in [2.05, 4.69) is 0 Å². The first-order valence-corrected chi connectivity index (χ1v) is 4.55. The maximum Gasteiger partial charge on any atom is 0.254 e. The molecule has 0 saturated heterocycles. The summed E-state index contributed by atoms with van der Waals surface area (Å²) in [5, 5.41) is 17.7. The van der Waals surface area contributed by atoms with Crippen molar-refractivity contribution in [1.29, 1.82) is 5.26 Å². The Morgan fingerprint density at radius 3 is 2.87 bits per heavy atom. The molecular weight excluding hydrogens is 216 g/mol. The van der Waals surface area contributed by atoms with Crippen LogP contribution in [0, 0.1) is 11.3 Å². The third kappa shape index (κ3) is 2.61. The van der Waals surface area contributed by atoms with Crippen LogP contribution < -0.4 is 0 Å². The number of hydrogen-bond donors (Lipinski definition) is 1. The standard InChI is InChI=1S/C10H9ClN2O2/c1-13(5-4-12)10(15)7-2-3-9(14)8(11)6-7/h2-3,6,14H,5H2,1H3. The van der Waals surface area contributed by atoms with Gasteiger partial charge in [0.2, 0.25) is 0 Å². The highest BCUT2D eigenvalue weighted by atomic mass is 35.5. The van der Waals surface area contributed by atoms with Crippen LogP contribution >= 0.6 is 11.6 Å². The SMILES string of the molecule is CN(CC#N)C(=O)c1ccc(O)c(Cl)c1. The summed E-state index contributed by atoms with van der Waals surface area (Å²) in [6.45, 7) is 0.0112. The predicted octanol–water partition coefficient (Wildman–Crippen LogP) is 1.64. The Morgan fingerprint density at radius 1 is 1.67 bits per heavy atom. The van der Waals surface area contributed by atoms with Gasteiger partial charge < -0.3 is 10.0 Å². The summed E-state index contributed by atoms with van der Waals surface area (Å²) >= 11 is 5.65. The zero-order valence-electron chi connectivity index (χ0n) is 8.07. The predicted molar refractivity (Wildman–Crippen MR) is 55.7 cm³/mol. The van der Waals surface area contributed by atoms with Crippen molar-refractivity contribution in [3.8, 4) is 11.8 Å². The summed E-state index contributed by atoms with van der Waals surface area (Å²) in [7, 11) is 1.52. The van der Waals surface area contributed by atoms with E-state index in [4.69, 9.17) is 22.0 Å². The van der Waals surface area contributed by atoms with Gasteiger partial charge in [0.1, 0.15) is 12.3 Å². The lowest BCUT2D eigenvalue weighted by Crippen LogP contribution is -2.26. The van der Waals surface area contributed by atoms with E-state index in [1.165, 1.54) is 30.1 Å². The van der Waals surface area contributed by atoms with E-state index in [0.29, 0.717) is 5.56 Å². The van der Waals surface area contributed by atoms with Gasteiger partial charge >= 0.3 is 0 Å². The molecule has 0 radical (unpaired) electrons. The van der Waals surface area contributed by atoms with Crippen molar-refractivity contribution in [3.63, 3.8) is 0 Å². The molecule has 0 aliphatic heterocycles. The van der Waals surface area contributed by atoms with Crippen LogP contribution in [0.2, 0.25) is 5.02 Å². The number of amides is 1. The fourth-order valence-electron chi connectivity index (χ4n) is 1.04. The second kappa shape index (κ2) is 4.67. The fourth-order valence-corrected chi connectivity index (χ4v) is 1.22. The molecule has 0 fully saturated rings. The number of nitrogens with zero attached hydrogens (tertiary/aromatic N) is 2. The van der Waals surface area contributed by atoms with Gasteiger partial charge in [-0.15, -0.1) is 0 Å². The molecule has 78 valence electrons. The molecule has 0 bridgehead atoms. The van der Waals surface area contributed by atoms with Crippen LogP contribution in [0.1, 0.15) is 10.4 Å². The second-order valence-electron chi connectivity index (χ2n) is 2.99. The first-order valence-electron chi connectivity index (χ1n) is 4.17. The Morgan fingerprint density at radius 2 is 2.33 bits per heavy atom. The Labute approximate surface area is 92.3 Å². The van der Waals surface area contributed by atoms with Crippen LogP contribution in [0.15, 0.2) is 18.2 Å². The van der Waals surface area contributed by atoms with E-state index >= 15 is 0 Å². The molecule has 0 aliphatic carbocycles. The van der Waals surface area contributed by atoms with E-state index in [1.807, 2.05) is 6.07 Å². The number of carbonyl (C=O) groups excluding carboxylic acids is 1. The number of benzene rings is 1. The molecule has 1 aromatic rings. The van der Waals surface area contributed by atoms with Crippen molar-refractivity contribution in [3.05, 3.63) is 28.8 Å². The summed E-state index contributed by atoms with van der Waals surface area (Å²) < 4.78 is 0. The number of hydrogen-bond acceptors (Lipinski definition) is 3. The smallest absolute Gasteiger partial charge is 0.254 e. The van der Waals surface area contributed by atoms with Crippen LogP contribution in [0.3, 0.4) is 0 Å². The van der Waals surface area contributed by atoms with Gasteiger partial charge in [-0.1, -0.05) is 11.6 Å². The van der Waals surface area contributed by atoms with Crippen molar-refractivity contribution in [2.24, 2.45) is 0 Å². The first-order chi connectivity index (χ1) is 7.06. The number of carbonyl (C=O) groups is 1. The van der Waals surface area contributed by atoms with Gasteiger partial charge in [0.05, 0.1) is 11.1 Å². The van der Waals surface area contributed by atoms with Crippen LogP contribution in [-0.4, -0.2) is 29.5 Å². The molecule has 15 heavy (non-hydrogen) atoms. The molecule has 0 saturated carbocycles. The minimum absolute atomic E-state index is 0.0112. The quantitative estimate of drug-likeness (QED) is 0.777. The lowest BCUT2D eigenvalue weighted by molar-refractivity contribution is 0.0812. The number of phenols is 1. The van der Waals surface area contributed by atoms with E-state index in [9.17, 15) is 4.79 Å². The zero-order chi connectivity index (χ0) is 11.4. The number of phenolic OH excluding ortho intramolecular Hbond substituents is 1. The van der Waals surface area contributed by atoms with E-state index in [-0.39, 0.29) is 23.2 Å². The van der Waals surface area contributed by atoms with Gasteiger partial charge in [-0.05, 0) is 18.2 Å². The molecule has 0 heterocycles. The molecule has 1 rings (SSSR count). The number of nitriles is 1. The van der Waals surface area contributed by atoms with E-state index in [0.717, 1.165) is 0 Å². The lowest BCUT2D eigenvalue weighted by atomic mass is 10.2. The van der Waals surface area contributed by atoms with Crippen molar-refractivity contribution >= 4 is 17.5 Å². The van der Waals surface area contributed by atoms with Gasteiger partial charge in [-0.25, -0.2) is 0 Å². The largest absolute Gasteiger partial charge is 0.506 e. The van der Waals surface area contributed by atoms with Crippen LogP contribution in [0.5, 0.6) is 5.75 Å². The minimum atomic E-state index is -0.307. The molecule has 1 N–H and O–H groups in total. The van der Waals surface area contributed by atoms with Crippen molar-refractivity contribution in [2.75, 3.05) is 13.6 Å². The molecule has 5 heteroatoms. The van der Waals surface area contributed by atoms with Gasteiger partial charge in [0, 0.05) is 12.6 Å². The molecule has 4 nitrogen and oxygen atoms in total. The van der Waals surface area contributed by atoms with Gasteiger partial charge in [-0.3, -0.25) is 4.79 Å². The Balaban J connectivity index is 2.93. The molecule has 1 aromatic carbocycles. The molecule has 1 amide bonds. The van der Waals surface area contributed by atoms with E-state index < -0.39 is 0 Å². The maximum atomic E-state index is 11.6. The third-order valence-electron chi connectivity index (χ3n) is 1.85. The van der Waals surface area contributed by atoms with E-state index in [1.54, 1.807) is 0 Å². The highest BCUT2D eigenvalue weighted by molar-refractivity contribution is 6.32. The molecular formula is C10H9ClN2O2. The highest BCUT2D eigenvalue weighted by Crippen LogP contribution is 2.23. The number of aromatic hydroxyl groups is 1. The fraction of sp³-hybridized carbons (Fsp3) is 0.200. The maximum absolute atomic E-state index is 11.6. The Hall–Kier alpha value is -1.73. The number of rotatable bonds is 2. The van der Waals surface area contributed by atoms with Gasteiger partial charge in [0.15, 0.2) is 0 Å². The third-order valence-corrected chi connectivity index (χ3v) is 2.15. The molecule has 0 aliphatic rings. The monoisotopic (exact) mass is 224 g/mol.